The van der Waals surface area contributed by atoms with Crippen molar-refractivity contribution in [3.8, 4) is 6.07 Å². The van der Waals surface area contributed by atoms with Crippen molar-refractivity contribution in [3.63, 3.8) is 0 Å². The van der Waals surface area contributed by atoms with Gasteiger partial charge in [0.2, 0.25) is 11.8 Å². The zero-order valence-corrected chi connectivity index (χ0v) is 5.70. The van der Waals surface area contributed by atoms with Gasteiger partial charge >= 0.3 is 0 Å². The fourth-order valence-corrected chi connectivity index (χ4v) is 1.72. The van der Waals surface area contributed by atoms with E-state index >= 15 is 0 Å². The lowest BCUT2D eigenvalue weighted by atomic mass is 9.67. The SMILES string of the molecule is N#CC1CC2C(=O)NC(=O)C12. The number of rotatable bonds is 0. The summed E-state index contributed by atoms with van der Waals surface area (Å²) in [6.07, 6.45) is 0.554. The smallest absolute Gasteiger partial charge is 0.231 e. The fraction of sp³-hybridized carbons (Fsp3) is 0.571. The van der Waals surface area contributed by atoms with Crippen molar-refractivity contribution in [1.82, 2.24) is 5.32 Å². The van der Waals surface area contributed by atoms with E-state index in [0.29, 0.717) is 6.42 Å². The lowest BCUT2D eigenvalue weighted by Crippen LogP contribution is -2.37. The molecule has 1 heterocycles. The largest absolute Gasteiger partial charge is 0.296 e. The number of hydrogen-bond donors (Lipinski definition) is 1. The van der Waals surface area contributed by atoms with Crippen LogP contribution >= 0.6 is 0 Å². The van der Waals surface area contributed by atoms with Gasteiger partial charge in [-0.3, -0.25) is 14.9 Å². The molecule has 56 valence electrons. The van der Waals surface area contributed by atoms with Gasteiger partial charge in [-0.25, -0.2) is 0 Å². The highest BCUT2D eigenvalue weighted by atomic mass is 16.2. The van der Waals surface area contributed by atoms with Crippen molar-refractivity contribution in [3.05, 3.63) is 0 Å². The Morgan fingerprint density at radius 1 is 1.45 bits per heavy atom. The highest BCUT2D eigenvalue weighted by molar-refractivity contribution is 6.06. The standard InChI is InChI=1S/C7H6N2O2/c8-2-3-1-4-5(3)7(11)9-6(4)10/h3-5H,1H2,(H,9,10,11). The molecule has 0 aromatic carbocycles. The van der Waals surface area contributed by atoms with Gasteiger partial charge in [0.1, 0.15) is 0 Å². The number of amides is 2. The first-order chi connectivity index (χ1) is 5.24. The van der Waals surface area contributed by atoms with Crippen LogP contribution in [-0.4, -0.2) is 11.8 Å². The lowest BCUT2D eigenvalue weighted by molar-refractivity contribution is -0.126. The van der Waals surface area contributed by atoms with Crippen LogP contribution in [0.4, 0.5) is 0 Å². The summed E-state index contributed by atoms with van der Waals surface area (Å²) < 4.78 is 0. The molecular weight excluding hydrogens is 144 g/mol. The maximum atomic E-state index is 10.9. The van der Waals surface area contributed by atoms with Crippen LogP contribution in [0.1, 0.15) is 6.42 Å². The summed E-state index contributed by atoms with van der Waals surface area (Å²) >= 11 is 0. The molecule has 1 aliphatic carbocycles. The Kier molecular flexibility index (Phi) is 1.05. The Hall–Kier alpha value is -1.37. The number of carbonyl (C=O) groups excluding carboxylic acids is 2. The average molecular weight is 150 g/mol. The molecule has 2 aliphatic rings. The van der Waals surface area contributed by atoms with Crippen molar-refractivity contribution in [1.29, 1.82) is 5.26 Å². The van der Waals surface area contributed by atoms with Crippen molar-refractivity contribution in [2.24, 2.45) is 17.8 Å². The van der Waals surface area contributed by atoms with E-state index in [-0.39, 0.29) is 29.6 Å². The first-order valence-electron chi connectivity index (χ1n) is 3.48. The van der Waals surface area contributed by atoms with Crippen molar-refractivity contribution in [2.45, 2.75) is 6.42 Å². The maximum Gasteiger partial charge on any atom is 0.231 e. The second-order valence-electron chi connectivity index (χ2n) is 2.96. The topological polar surface area (TPSA) is 70.0 Å². The number of hydrogen-bond acceptors (Lipinski definition) is 3. The molecule has 1 N–H and O–H groups in total. The first-order valence-corrected chi connectivity index (χ1v) is 3.48. The van der Waals surface area contributed by atoms with Crippen LogP contribution in [0.2, 0.25) is 0 Å². The molecule has 1 saturated heterocycles. The Morgan fingerprint density at radius 2 is 2.18 bits per heavy atom. The summed E-state index contributed by atoms with van der Waals surface area (Å²) in [6.45, 7) is 0. The molecule has 2 rings (SSSR count). The summed E-state index contributed by atoms with van der Waals surface area (Å²) in [7, 11) is 0. The fourth-order valence-electron chi connectivity index (χ4n) is 1.72. The van der Waals surface area contributed by atoms with Gasteiger partial charge in [0.15, 0.2) is 0 Å². The molecule has 2 amide bonds. The summed E-state index contributed by atoms with van der Waals surface area (Å²) in [4.78, 5) is 21.8. The Balaban J connectivity index is 2.23. The van der Waals surface area contributed by atoms with Crippen LogP contribution in [-0.2, 0) is 9.59 Å². The van der Waals surface area contributed by atoms with Gasteiger partial charge in [-0.2, -0.15) is 5.26 Å². The minimum Gasteiger partial charge on any atom is -0.296 e. The van der Waals surface area contributed by atoms with E-state index in [1.54, 1.807) is 0 Å². The predicted molar refractivity (Wildman–Crippen MR) is 33.8 cm³/mol. The molecular formula is C7H6N2O2. The zero-order valence-electron chi connectivity index (χ0n) is 5.70. The van der Waals surface area contributed by atoms with E-state index in [1.165, 1.54) is 0 Å². The monoisotopic (exact) mass is 150 g/mol. The van der Waals surface area contributed by atoms with E-state index in [0.717, 1.165) is 0 Å². The molecule has 2 fully saturated rings. The van der Waals surface area contributed by atoms with E-state index in [4.69, 9.17) is 5.26 Å². The number of carbonyl (C=O) groups is 2. The quantitative estimate of drug-likeness (QED) is 0.469. The number of nitrogens with one attached hydrogen (secondary N) is 1. The average Bonchev–Trinajstić information content (AvgIpc) is 2.03. The predicted octanol–water partition coefficient (Wildman–Crippen LogP) is -0.581. The highest BCUT2D eigenvalue weighted by Gasteiger charge is 2.54. The van der Waals surface area contributed by atoms with Gasteiger partial charge in [-0.15, -0.1) is 0 Å². The van der Waals surface area contributed by atoms with Crippen LogP contribution in [0.3, 0.4) is 0 Å². The Morgan fingerprint density at radius 3 is 2.73 bits per heavy atom. The van der Waals surface area contributed by atoms with Gasteiger partial charge in [0, 0.05) is 0 Å². The van der Waals surface area contributed by atoms with Gasteiger partial charge in [0.05, 0.1) is 23.8 Å². The molecule has 0 aromatic rings. The Bertz CT molecular complexity index is 279. The third kappa shape index (κ3) is 0.625. The van der Waals surface area contributed by atoms with Gasteiger partial charge in [-0.05, 0) is 6.42 Å². The van der Waals surface area contributed by atoms with Crippen LogP contribution < -0.4 is 5.32 Å². The second-order valence-corrected chi connectivity index (χ2v) is 2.96. The van der Waals surface area contributed by atoms with E-state index in [2.05, 4.69) is 5.32 Å². The van der Waals surface area contributed by atoms with Crippen molar-refractivity contribution in [2.75, 3.05) is 0 Å². The van der Waals surface area contributed by atoms with Crippen LogP contribution in [0, 0.1) is 29.1 Å². The van der Waals surface area contributed by atoms with Crippen molar-refractivity contribution < 1.29 is 9.59 Å². The highest BCUT2D eigenvalue weighted by Crippen LogP contribution is 2.43. The summed E-state index contributed by atoms with van der Waals surface area (Å²) in [6, 6.07) is 2.01. The minimum absolute atomic E-state index is 0.202. The lowest BCUT2D eigenvalue weighted by Gasteiger charge is -2.30. The number of nitrogens with zero attached hydrogens (tertiary/aromatic N) is 1. The third-order valence-electron chi connectivity index (χ3n) is 2.43. The molecule has 4 nitrogen and oxygen atoms in total. The van der Waals surface area contributed by atoms with Crippen LogP contribution in [0.25, 0.3) is 0 Å². The summed E-state index contributed by atoms with van der Waals surface area (Å²) in [5.41, 5.74) is 0. The number of imide groups is 1. The van der Waals surface area contributed by atoms with Crippen LogP contribution in [0.5, 0.6) is 0 Å². The normalized spacial score (nSPS) is 40.5. The summed E-state index contributed by atoms with van der Waals surface area (Å²) in [5, 5.41) is 10.7. The maximum absolute atomic E-state index is 10.9. The molecule has 3 atom stereocenters. The molecule has 3 unspecified atom stereocenters. The van der Waals surface area contributed by atoms with Crippen LogP contribution in [0.15, 0.2) is 0 Å². The van der Waals surface area contributed by atoms with Gasteiger partial charge < -0.3 is 0 Å². The zero-order chi connectivity index (χ0) is 8.01. The molecule has 0 bridgehead atoms. The molecule has 11 heavy (non-hydrogen) atoms. The molecule has 4 heteroatoms. The number of fused-ring (bicyclic) bond motifs is 1. The molecule has 0 radical (unpaired) electrons. The third-order valence-corrected chi connectivity index (χ3v) is 2.43. The first kappa shape index (κ1) is 6.35. The molecule has 1 aliphatic heterocycles. The van der Waals surface area contributed by atoms with E-state index in [9.17, 15) is 9.59 Å². The molecule has 0 aromatic heterocycles. The van der Waals surface area contributed by atoms with Gasteiger partial charge in [0.25, 0.3) is 0 Å². The molecule has 1 saturated carbocycles. The van der Waals surface area contributed by atoms with Gasteiger partial charge in [-0.1, -0.05) is 0 Å². The van der Waals surface area contributed by atoms with Crippen molar-refractivity contribution >= 4 is 11.8 Å². The summed E-state index contributed by atoms with van der Waals surface area (Å²) in [5.74, 6) is -1.24. The Labute approximate surface area is 63.2 Å². The minimum atomic E-state index is -0.340. The van der Waals surface area contributed by atoms with E-state index in [1.807, 2.05) is 6.07 Å². The number of nitriles is 1. The second kappa shape index (κ2) is 1.82. The molecule has 0 spiro atoms. The van der Waals surface area contributed by atoms with E-state index < -0.39 is 0 Å².